The maximum atomic E-state index is 12.3. The van der Waals surface area contributed by atoms with E-state index in [0.29, 0.717) is 34.3 Å². The summed E-state index contributed by atoms with van der Waals surface area (Å²) in [5.41, 5.74) is 1.79. The SMILES string of the molecule is CCn1cc(C(=O)/C=C/c2ccc(OCC(=O)Nc3ccccc3Cl)c(OC)c2)cn1. The van der Waals surface area contributed by atoms with Crippen LogP contribution in [0.15, 0.2) is 60.9 Å². The van der Waals surface area contributed by atoms with E-state index in [4.69, 9.17) is 21.1 Å². The molecule has 7 nitrogen and oxygen atoms in total. The number of aromatic nitrogens is 2. The van der Waals surface area contributed by atoms with E-state index in [0.717, 1.165) is 5.56 Å². The fourth-order valence-electron chi connectivity index (χ4n) is 2.73. The van der Waals surface area contributed by atoms with Gasteiger partial charge in [0.1, 0.15) is 0 Å². The van der Waals surface area contributed by atoms with E-state index in [9.17, 15) is 9.59 Å². The number of amides is 1. The molecular weight excluding hydrogens is 418 g/mol. The van der Waals surface area contributed by atoms with Gasteiger partial charge in [0.2, 0.25) is 0 Å². The summed E-state index contributed by atoms with van der Waals surface area (Å²) in [5.74, 6) is 0.357. The van der Waals surface area contributed by atoms with Crippen molar-refractivity contribution in [3.63, 3.8) is 0 Å². The topological polar surface area (TPSA) is 82.5 Å². The molecule has 0 aliphatic carbocycles. The predicted molar refractivity (Wildman–Crippen MR) is 120 cm³/mol. The molecule has 0 bridgehead atoms. The molecule has 1 N–H and O–H groups in total. The van der Waals surface area contributed by atoms with Crippen molar-refractivity contribution in [3.8, 4) is 11.5 Å². The lowest BCUT2D eigenvalue weighted by atomic mass is 10.1. The van der Waals surface area contributed by atoms with Crippen LogP contribution in [0.5, 0.6) is 11.5 Å². The number of aryl methyl sites for hydroxylation is 1. The molecule has 1 aromatic heterocycles. The van der Waals surface area contributed by atoms with Gasteiger partial charge >= 0.3 is 0 Å². The fourth-order valence-corrected chi connectivity index (χ4v) is 2.91. The predicted octanol–water partition coefficient (Wildman–Crippen LogP) is 4.48. The molecule has 0 radical (unpaired) electrons. The zero-order valence-corrected chi connectivity index (χ0v) is 17.9. The van der Waals surface area contributed by atoms with Crippen molar-refractivity contribution in [1.29, 1.82) is 0 Å². The number of allylic oxidation sites excluding steroid dienone is 1. The summed E-state index contributed by atoms with van der Waals surface area (Å²) in [5, 5.41) is 7.24. The quantitative estimate of drug-likeness (QED) is 0.392. The number of para-hydroxylation sites is 1. The normalized spacial score (nSPS) is 10.8. The summed E-state index contributed by atoms with van der Waals surface area (Å²) in [6.45, 7) is 2.44. The summed E-state index contributed by atoms with van der Waals surface area (Å²) >= 11 is 6.04. The lowest BCUT2D eigenvalue weighted by molar-refractivity contribution is -0.118. The molecule has 2 aromatic carbocycles. The second-order valence-corrected chi connectivity index (χ2v) is 6.92. The maximum Gasteiger partial charge on any atom is 0.262 e. The van der Waals surface area contributed by atoms with Gasteiger partial charge in [-0.25, -0.2) is 0 Å². The van der Waals surface area contributed by atoms with Gasteiger partial charge in [0.25, 0.3) is 5.91 Å². The van der Waals surface area contributed by atoms with Gasteiger partial charge in [0.05, 0.1) is 29.6 Å². The van der Waals surface area contributed by atoms with Gasteiger partial charge in [-0.15, -0.1) is 0 Å². The Morgan fingerprint density at radius 2 is 2.00 bits per heavy atom. The fraction of sp³-hybridized carbons (Fsp3) is 0.174. The molecule has 31 heavy (non-hydrogen) atoms. The number of ketones is 1. The highest BCUT2D eigenvalue weighted by atomic mass is 35.5. The zero-order chi connectivity index (χ0) is 22.2. The van der Waals surface area contributed by atoms with Crippen LogP contribution in [0.25, 0.3) is 6.08 Å². The van der Waals surface area contributed by atoms with Gasteiger partial charge in [-0.2, -0.15) is 5.10 Å². The largest absolute Gasteiger partial charge is 0.493 e. The lowest BCUT2D eigenvalue weighted by Gasteiger charge is -2.12. The summed E-state index contributed by atoms with van der Waals surface area (Å²) < 4.78 is 12.6. The number of anilines is 1. The van der Waals surface area contributed by atoms with E-state index in [1.807, 2.05) is 6.92 Å². The number of hydrogen-bond acceptors (Lipinski definition) is 5. The second-order valence-electron chi connectivity index (χ2n) is 6.51. The Morgan fingerprint density at radius 1 is 1.19 bits per heavy atom. The number of carbonyl (C=O) groups is 2. The Hall–Kier alpha value is -3.58. The van der Waals surface area contributed by atoms with Gasteiger partial charge < -0.3 is 14.8 Å². The van der Waals surface area contributed by atoms with Crippen LogP contribution in [0.3, 0.4) is 0 Å². The van der Waals surface area contributed by atoms with Gasteiger partial charge in [0, 0.05) is 12.7 Å². The van der Waals surface area contributed by atoms with Crippen molar-refractivity contribution in [3.05, 3.63) is 77.1 Å². The molecule has 0 aliphatic heterocycles. The van der Waals surface area contributed by atoms with E-state index in [1.165, 1.54) is 13.2 Å². The standard InChI is InChI=1S/C23H22ClN3O4/c1-3-27-14-17(13-25-27)20(28)10-8-16-9-11-21(22(12-16)30-2)31-15-23(29)26-19-7-5-4-6-18(19)24/h4-14H,3,15H2,1-2H3,(H,26,29)/b10-8+. The van der Waals surface area contributed by atoms with Crippen molar-refractivity contribution < 1.29 is 19.1 Å². The Bertz CT molecular complexity index is 1110. The number of rotatable bonds is 9. The first-order valence-electron chi connectivity index (χ1n) is 9.60. The van der Waals surface area contributed by atoms with Crippen LogP contribution in [0.4, 0.5) is 5.69 Å². The van der Waals surface area contributed by atoms with E-state index >= 15 is 0 Å². The van der Waals surface area contributed by atoms with Crippen LogP contribution in [-0.4, -0.2) is 35.2 Å². The number of methoxy groups -OCH3 is 1. The van der Waals surface area contributed by atoms with Crippen LogP contribution < -0.4 is 14.8 Å². The Morgan fingerprint density at radius 3 is 2.71 bits per heavy atom. The number of hydrogen-bond donors (Lipinski definition) is 1. The van der Waals surface area contributed by atoms with Crippen molar-refractivity contribution in [1.82, 2.24) is 9.78 Å². The Balaban J connectivity index is 1.62. The monoisotopic (exact) mass is 439 g/mol. The number of benzene rings is 2. The maximum absolute atomic E-state index is 12.3. The highest BCUT2D eigenvalue weighted by Gasteiger charge is 2.10. The summed E-state index contributed by atoms with van der Waals surface area (Å²) in [6.07, 6.45) is 6.41. The van der Waals surface area contributed by atoms with Crippen LogP contribution in [0, 0.1) is 0 Å². The molecular formula is C23H22ClN3O4. The van der Waals surface area contributed by atoms with Gasteiger partial charge in [-0.3, -0.25) is 14.3 Å². The number of nitrogens with one attached hydrogen (secondary N) is 1. The summed E-state index contributed by atoms with van der Waals surface area (Å²) in [6, 6.07) is 12.1. The third-order valence-electron chi connectivity index (χ3n) is 4.36. The van der Waals surface area contributed by atoms with Crippen molar-refractivity contribution >= 4 is 35.1 Å². The number of ether oxygens (including phenoxy) is 2. The van der Waals surface area contributed by atoms with E-state index in [1.54, 1.807) is 65.6 Å². The first-order valence-corrected chi connectivity index (χ1v) is 9.98. The number of carbonyl (C=O) groups excluding carboxylic acids is 2. The van der Waals surface area contributed by atoms with Crippen molar-refractivity contribution in [2.75, 3.05) is 19.0 Å². The molecule has 0 aliphatic rings. The third-order valence-corrected chi connectivity index (χ3v) is 4.69. The highest BCUT2D eigenvalue weighted by Crippen LogP contribution is 2.29. The molecule has 0 saturated heterocycles. The lowest BCUT2D eigenvalue weighted by Crippen LogP contribution is -2.20. The Kier molecular flexibility index (Phi) is 7.45. The van der Waals surface area contributed by atoms with Crippen molar-refractivity contribution in [2.45, 2.75) is 13.5 Å². The van der Waals surface area contributed by atoms with Gasteiger partial charge in [0.15, 0.2) is 23.9 Å². The molecule has 8 heteroatoms. The summed E-state index contributed by atoms with van der Waals surface area (Å²) in [7, 11) is 1.50. The zero-order valence-electron chi connectivity index (χ0n) is 17.2. The second kappa shape index (κ2) is 10.4. The van der Waals surface area contributed by atoms with Gasteiger partial charge in [-0.05, 0) is 42.8 Å². The first-order chi connectivity index (χ1) is 15.0. The molecule has 3 rings (SSSR count). The van der Waals surface area contributed by atoms with Crippen LogP contribution in [0.1, 0.15) is 22.8 Å². The molecule has 160 valence electrons. The van der Waals surface area contributed by atoms with E-state index < -0.39 is 0 Å². The smallest absolute Gasteiger partial charge is 0.262 e. The van der Waals surface area contributed by atoms with Crippen LogP contribution in [-0.2, 0) is 11.3 Å². The minimum atomic E-state index is -0.350. The average Bonchev–Trinajstić information content (AvgIpc) is 3.27. The number of nitrogens with zero attached hydrogens (tertiary/aromatic N) is 2. The van der Waals surface area contributed by atoms with E-state index in [2.05, 4.69) is 10.4 Å². The van der Waals surface area contributed by atoms with E-state index in [-0.39, 0.29) is 18.3 Å². The molecule has 0 spiro atoms. The minimum absolute atomic E-state index is 0.143. The molecule has 1 heterocycles. The molecule has 0 atom stereocenters. The number of halogens is 1. The molecule has 0 saturated carbocycles. The van der Waals surface area contributed by atoms with Gasteiger partial charge in [-0.1, -0.05) is 35.9 Å². The molecule has 3 aromatic rings. The molecule has 1 amide bonds. The van der Waals surface area contributed by atoms with Crippen LogP contribution >= 0.6 is 11.6 Å². The molecule has 0 unspecified atom stereocenters. The Labute approximate surface area is 185 Å². The third kappa shape index (κ3) is 5.96. The highest BCUT2D eigenvalue weighted by molar-refractivity contribution is 6.33. The van der Waals surface area contributed by atoms with Crippen molar-refractivity contribution in [2.24, 2.45) is 0 Å². The summed E-state index contributed by atoms with van der Waals surface area (Å²) in [4.78, 5) is 24.4. The van der Waals surface area contributed by atoms with Crippen LogP contribution in [0.2, 0.25) is 5.02 Å². The minimum Gasteiger partial charge on any atom is -0.493 e. The molecule has 0 fully saturated rings. The average molecular weight is 440 g/mol. The first kappa shape index (κ1) is 22.1.